The molecule has 0 aromatic carbocycles. The van der Waals surface area contributed by atoms with Gasteiger partial charge in [-0.2, -0.15) is 0 Å². The summed E-state index contributed by atoms with van der Waals surface area (Å²) in [6.45, 7) is 7.92. The van der Waals surface area contributed by atoms with Crippen LogP contribution in [0.1, 0.15) is 42.9 Å². The molecular weight excluding hydrogens is 214 g/mol. The van der Waals surface area contributed by atoms with Crippen LogP contribution < -0.4 is 5.32 Å². The fourth-order valence-electron chi connectivity index (χ4n) is 2.38. The zero-order valence-electron chi connectivity index (χ0n) is 10.9. The van der Waals surface area contributed by atoms with E-state index in [1.165, 1.54) is 11.1 Å². The van der Waals surface area contributed by atoms with Crippen LogP contribution in [0.2, 0.25) is 0 Å². The van der Waals surface area contributed by atoms with Gasteiger partial charge < -0.3 is 14.5 Å². The van der Waals surface area contributed by atoms with Crippen molar-refractivity contribution in [2.24, 2.45) is 0 Å². The Kier molecular flexibility index (Phi) is 3.89. The van der Waals surface area contributed by atoms with Gasteiger partial charge in [0.1, 0.15) is 11.5 Å². The second-order valence-corrected chi connectivity index (χ2v) is 4.53. The molecule has 0 radical (unpaired) electrons. The molecule has 0 aliphatic carbocycles. The molecule has 94 valence electrons. The molecule has 1 aromatic heterocycles. The Hall–Kier alpha value is -1.22. The largest absolute Gasteiger partial charge is 0.501 e. The van der Waals surface area contributed by atoms with Crippen LogP contribution in [0, 0.1) is 13.8 Å². The fourth-order valence-corrected chi connectivity index (χ4v) is 2.38. The smallest absolute Gasteiger partial charge is 0.106 e. The summed E-state index contributed by atoms with van der Waals surface area (Å²) in [4.78, 5) is 0. The predicted octanol–water partition coefficient (Wildman–Crippen LogP) is 3.24. The van der Waals surface area contributed by atoms with Gasteiger partial charge >= 0.3 is 0 Å². The van der Waals surface area contributed by atoms with E-state index in [2.05, 4.69) is 18.3 Å². The Bertz CT molecular complexity index is 406. The number of aryl methyl sites for hydroxylation is 2. The van der Waals surface area contributed by atoms with Gasteiger partial charge in [-0.05, 0) is 44.9 Å². The van der Waals surface area contributed by atoms with Gasteiger partial charge in [0, 0.05) is 5.56 Å². The Balaban J connectivity index is 2.27. The summed E-state index contributed by atoms with van der Waals surface area (Å²) in [5.41, 5.74) is 2.56. The highest BCUT2D eigenvalue weighted by Gasteiger charge is 2.22. The molecule has 1 atom stereocenters. The molecule has 0 amide bonds. The summed E-state index contributed by atoms with van der Waals surface area (Å²) in [5.74, 6) is 1.97. The van der Waals surface area contributed by atoms with Crippen molar-refractivity contribution in [3.05, 3.63) is 35.0 Å². The Labute approximate surface area is 103 Å². The van der Waals surface area contributed by atoms with E-state index in [0.29, 0.717) is 0 Å². The summed E-state index contributed by atoms with van der Waals surface area (Å²) < 4.78 is 11.1. The van der Waals surface area contributed by atoms with E-state index in [0.717, 1.165) is 37.5 Å². The third kappa shape index (κ3) is 2.72. The SMILES string of the molecule is CCNC(C1=COCCC1)c1cc(C)oc1C. The minimum atomic E-state index is 0.234. The standard InChI is InChI=1S/C14H21NO2/c1-4-15-14(12-6-5-7-16-9-12)13-8-10(2)17-11(13)3/h8-9,14-15H,4-7H2,1-3H3. The van der Waals surface area contributed by atoms with E-state index in [4.69, 9.17) is 9.15 Å². The number of likely N-dealkylation sites (N-methyl/N-ethyl adjacent to an activating group) is 1. The maximum Gasteiger partial charge on any atom is 0.106 e. The van der Waals surface area contributed by atoms with Crippen molar-refractivity contribution in [2.45, 2.75) is 39.7 Å². The summed E-state index contributed by atoms with van der Waals surface area (Å²) in [7, 11) is 0. The average molecular weight is 235 g/mol. The van der Waals surface area contributed by atoms with E-state index < -0.39 is 0 Å². The lowest BCUT2D eigenvalue weighted by Crippen LogP contribution is -2.24. The molecule has 1 unspecified atom stereocenters. The van der Waals surface area contributed by atoms with Gasteiger partial charge in [-0.15, -0.1) is 0 Å². The molecule has 0 saturated carbocycles. The summed E-state index contributed by atoms with van der Waals surface area (Å²) in [6, 6.07) is 2.36. The lowest BCUT2D eigenvalue weighted by Gasteiger charge is -2.23. The van der Waals surface area contributed by atoms with Gasteiger partial charge in [-0.25, -0.2) is 0 Å². The van der Waals surface area contributed by atoms with Crippen LogP contribution in [0.15, 0.2) is 22.3 Å². The van der Waals surface area contributed by atoms with E-state index >= 15 is 0 Å². The first-order chi connectivity index (χ1) is 8.22. The third-order valence-electron chi connectivity index (χ3n) is 3.13. The summed E-state index contributed by atoms with van der Waals surface area (Å²) in [6.07, 6.45) is 4.11. The first-order valence-corrected chi connectivity index (χ1v) is 6.33. The van der Waals surface area contributed by atoms with Crippen LogP contribution >= 0.6 is 0 Å². The van der Waals surface area contributed by atoms with Crippen LogP contribution in [-0.4, -0.2) is 13.2 Å². The minimum Gasteiger partial charge on any atom is -0.501 e. The highest BCUT2D eigenvalue weighted by Crippen LogP contribution is 2.31. The average Bonchev–Trinajstić information content (AvgIpc) is 2.66. The fraction of sp³-hybridized carbons (Fsp3) is 0.571. The van der Waals surface area contributed by atoms with Crippen LogP contribution in [-0.2, 0) is 4.74 Å². The van der Waals surface area contributed by atoms with E-state index in [-0.39, 0.29) is 6.04 Å². The zero-order chi connectivity index (χ0) is 12.3. The second-order valence-electron chi connectivity index (χ2n) is 4.53. The maximum absolute atomic E-state index is 5.62. The number of ether oxygens (including phenoxy) is 1. The number of nitrogens with one attached hydrogen (secondary N) is 1. The van der Waals surface area contributed by atoms with Gasteiger partial charge in [0.05, 0.1) is 18.9 Å². The molecule has 0 spiro atoms. The Morgan fingerprint density at radius 1 is 1.41 bits per heavy atom. The molecule has 17 heavy (non-hydrogen) atoms. The Morgan fingerprint density at radius 2 is 2.24 bits per heavy atom. The molecule has 0 saturated heterocycles. The van der Waals surface area contributed by atoms with Gasteiger partial charge in [0.15, 0.2) is 0 Å². The predicted molar refractivity (Wildman–Crippen MR) is 67.9 cm³/mol. The number of hydrogen-bond donors (Lipinski definition) is 1. The van der Waals surface area contributed by atoms with Crippen molar-refractivity contribution in [3.8, 4) is 0 Å². The number of rotatable bonds is 4. The van der Waals surface area contributed by atoms with E-state index in [9.17, 15) is 0 Å². The van der Waals surface area contributed by atoms with Crippen LogP contribution in [0.3, 0.4) is 0 Å². The van der Waals surface area contributed by atoms with Crippen molar-refractivity contribution in [1.82, 2.24) is 5.32 Å². The lowest BCUT2D eigenvalue weighted by molar-refractivity contribution is 0.219. The molecule has 3 heteroatoms. The van der Waals surface area contributed by atoms with Gasteiger partial charge in [0.2, 0.25) is 0 Å². The Morgan fingerprint density at radius 3 is 2.76 bits per heavy atom. The monoisotopic (exact) mass is 235 g/mol. The van der Waals surface area contributed by atoms with Gasteiger partial charge in [-0.3, -0.25) is 0 Å². The first kappa shape index (κ1) is 12.2. The molecule has 1 aliphatic heterocycles. The molecule has 1 N–H and O–H groups in total. The lowest BCUT2D eigenvalue weighted by atomic mass is 9.95. The first-order valence-electron chi connectivity index (χ1n) is 6.33. The van der Waals surface area contributed by atoms with Crippen molar-refractivity contribution in [2.75, 3.05) is 13.2 Å². The van der Waals surface area contributed by atoms with Crippen molar-refractivity contribution < 1.29 is 9.15 Å². The summed E-state index contributed by atoms with van der Waals surface area (Å²) >= 11 is 0. The number of furan rings is 1. The van der Waals surface area contributed by atoms with E-state index in [1.54, 1.807) is 0 Å². The topological polar surface area (TPSA) is 34.4 Å². The normalized spacial score (nSPS) is 17.5. The second kappa shape index (κ2) is 5.41. The van der Waals surface area contributed by atoms with Crippen LogP contribution in [0.5, 0.6) is 0 Å². The molecular formula is C14H21NO2. The molecule has 1 aliphatic rings. The van der Waals surface area contributed by atoms with Crippen molar-refractivity contribution >= 4 is 0 Å². The van der Waals surface area contributed by atoms with Crippen molar-refractivity contribution in [3.63, 3.8) is 0 Å². The zero-order valence-corrected chi connectivity index (χ0v) is 10.9. The summed E-state index contributed by atoms with van der Waals surface area (Å²) in [5, 5.41) is 3.51. The molecule has 2 rings (SSSR count). The van der Waals surface area contributed by atoms with Gasteiger partial charge in [0.25, 0.3) is 0 Å². The highest BCUT2D eigenvalue weighted by atomic mass is 16.5. The molecule has 2 heterocycles. The number of hydrogen-bond acceptors (Lipinski definition) is 3. The highest BCUT2D eigenvalue weighted by molar-refractivity contribution is 5.31. The quantitative estimate of drug-likeness (QED) is 0.870. The van der Waals surface area contributed by atoms with Crippen LogP contribution in [0.25, 0.3) is 0 Å². The maximum atomic E-state index is 5.62. The minimum absolute atomic E-state index is 0.234. The van der Waals surface area contributed by atoms with E-state index in [1.807, 2.05) is 20.1 Å². The molecule has 3 nitrogen and oxygen atoms in total. The van der Waals surface area contributed by atoms with Crippen molar-refractivity contribution in [1.29, 1.82) is 0 Å². The van der Waals surface area contributed by atoms with Gasteiger partial charge in [-0.1, -0.05) is 6.92 Å². The molecule has 0 fully saturated rings. The third-order valence-corrected chi connectivity index (χ3v) is 3.13. The molecule has 0 bridgehead atoms. The molecule has 1 aromatic rings. The van der Waals surface area contributed by atoms with Crippen LogP contribution in [0.4, 0.5) is 0 Å².